The van der Waals surface area contributed by atoms with E-state index in [2.05, 4.69) is 41.0 Å². The Morgan fingerprint density at radius 2 is 2.12 bits per heavy atom. The summed E-state index contributed by atoms with van der Waals surface area (Å²) in [6.07, 6.45) is 5.18. The van der Waals surface area contributed by atoms with Gasteiger partial charge in [0, 0.05) is 29.4 Å². The summed E-state index contributed by atoms with van der Waals surface area (Å²) in [5.41, 5.74) is 1.01. The third-order valence-corrected chi connectivity index (χ3v) is 3.17. The minimum absolute atomic E-state index is 0.124. The van der Waals surface area contributed by atoms with Crippen LogP contribution in [-0.2, 0) is 6.54 Å². The first kappa shape index (κ1) is 12.1. The Morgan fingerprint density at radius 3 is 2.76 bits per heavy atom. The second kappa shape index (κ2) is 4.89. The maximum atomic E-state index is 4.38. The molecule has 0 fully saturated rings. The molecule has 0 atom stereocenters. The molecule has 0 spiro atoms. The summed E-state index contributed by atoms with van der Waals surface area (Å²) >= 11 is 1.66. The highest BCUT2D eigenvalue weighted by Crippen LogP contribution is 2.22. The van der Waals surface area contributed by atoms with Gasteiger partial charge in [-0.15, -0.1) is 11.3 Å². The second-order valence-electron chi connectivity index (χ2n) is 4.83. The van der Waals surface area contributed by atoms with Crippen molar-refractivity contribution in [1.82, 2.24) is 20.3 Å². The Balaban J connectivity index is 2.07. The van der Waals surface area contributed by atoms with Gasteiger partial charge in [0.2, 0.25) is 0 Å². The lowest BCUT2D eigenvalue weighted by atomic mass is 10.1. The van der Waals surface area contributed by atoms with Gasteiger partial charge in [0.1, 0.15) is 17.0 Å². The van der Waals surface area contributed by atoms with E-state index in [0.717, 1.165) is 17.2 Å². The summed E-state index contributed by atoms with van der Waals surface area (Å²) < 4.78 is 0. The summed E-state index contributed by atoms with van der Waals surface area (Å²) in [6.45, 7) is 7.30. The molecule has 5 heteroatoms. The summed E-state index contributed by atoms with van der Waals surface area (Å²) in [6, 6.07) is 1.87. The molecule has 0 aliphatic heterocycles. The van der Waals surface area contributed by atoms with Crippen molar-refractivity contribution >= 4 is 11.3 Å². The van der Waals surface area contributed by atoms with Crippen LogP contribution in [0.3, 0.4) is 0 Å². The van der Waals surface area contributed by atoms with Gasteiger partial charge in [-0.05, 0) is 26.8 Å². The highest BCUT2D eigenvalue weighted by atomic mass is 32.1. The molecule has 0 saturated heterocycles. The molecule has 0 unspecified atom stereocenters. The first-order valence-electron chi connectivity index (χ1n) is 5.51. The van der Waals surface area contributed by atoms with Gasteiger partial charge in [-0.25, -0.2) is 15.0 Å². The lowest BCUT2D eigenvalue weighted by Gasteiger charge is -2.19. The Hall–Kier alpha value is -1.33. The van der Waals surface area contributed by atoms with Gasteiger partial charge in [-0.3, -0.25) is 0 Å². The van der Waals surface area contributed by atoms with Crippen molar-refractivity contribution in [2.45, 2.75) is 32.9 Å². The molecule has 0 aromatic carbocycles. The number of hydrogen-bond acceptors (Lipinski definition) is 5. The predicted molar refractivity (Wildman–Crippen MR) is 69.7 cm³/mol. The zero-order valence-corrected chi connectivity index (χ0v) is 11.1. The first-order chi connectivity index (χ1) is 8.04. The number of thiazole rings is 1. The summed E-state index contributed by atoms with van der Waals surface area (Å²) in [5.74, 6) is 0. The van der Waals surface area contributed by atoms with Crippen molar-refractivity contribution in [3.05, 3.63) is 29.7 Å². The van der Waals surface area contributed by atoms with E-state index in [1.807, 2.05) is 12.3 Å². The van der Waals surface area contributed by atoms with Crippen LogP contribution in [0.25, 0.3) is 10.7 Å². The standard InChI is InChI=1S/C12H16N4S/c1-12(2,3)16-7-9-6-14-11(17-9)10-4-5-13-8-15-10/h4-6,8,16H,7H2,1-3H3. The first-order valence-corrected chi connectivity index (χ1v) is 6.32. The normalized spacial score (nSPS) is 11.7. The van der Waals surface area contributed by atoms with E-state index in [1.165, 1.54) is 4.88 Å². The largest absolute Gasteiger partial charge is 0.307 e. The molecule has 2 heterocycles. The molecule has 0 aliphatic rings. The van der Waals surface area contributed by atoms with E-state index in [1.54, 1.807) is 23.9 Å². The van der Waals surface area contributed by atoms with Crippen LogP contribution in [0.4, 0.5) is 0 Å². The number of hydrogen-bond donors (Lipinski definition) is 1. The maximum absolute atomic E-state index is 4.38. The lowest BCUT2D eigenvalue weighted by molar-refractivity contribution is 0.426. The van der Waals surface area contributed by atoms with Crippen LogP contribution in [0, 0.1) is 0 Å². The molecular formula is C12H16N4S. The van der Waals surface area contributed by atoms with Gasteiger partial charge in [0.05, 0.1) is 0 Å². The predicted octanol–water partition coefficient (Wildman–Crippen LogP) is 2.49. The van der Waals surface area contributed by atoms with E-state index < -0.39 is 0 Å². The fraction of sp³-hybridized carbons (Fsp3) is 0.417. The van der Waals surface area contributed by atoms with Gasteiger partial charge in [0.25, 0.3) is 0 Å². The van der Waals surface area contributed by atoms with Crippen molar-refractivity contribution < 1.29 is 0 Å². The summed E-state index contributed by atoms with van der Waals surface area (Å²) in [5, 5.41) is 4.38. The molecule has 1 N–H and O–H groups in total. The molecule has 0 aliphatic carbocycles. The third-order valence-electron chi connectivity index (χ3n) is 2.15. The van der Waals surface area contributed by atoms with E-state index in [4.69, 9.17) is 0 Å². The van der Waals surface area contributed by atoms with Gasteiger partial charge in [0.15, 0.2) is 0 Å². The molecule has 0 radical (unpaired) electrons. The van der Waals surface area contributed by atoms with Crippen LogP contribution < -0.4 is 5.32 Å². The quantitative estimate of drug-likeness (QED) is 0.906. The summed E-state index contributed by atoms with van der Waals surface area (Å²) in [7, 11) is 0. The topological polar surface area (TPSA) is 50.7 Å². The van der Waals surface area contributed by atoms with Crippen molar-refractivity contribution in [2.75, 3.05) is 0 Å². The number of nitrogens with one attached hydrogen (secondary N) is 1. The van der Waals surface area contributed by atoms with Crippen molar-refractivity contribution in [1.29, 1.82) is 0 Å². The monoisotopic (exact) mass is 248 g/mol. The van der Waals surface area contributed by atoms with E-state index >= 15 is 0 Å². The minimum Gasteiger partial charge on any atom is -0.307 e. The van der Waals surface area contributed by atoms with Crippen molar-refractivity contribution in [3.8, 4) is 10.7 Å². The third kappa shape index (κ3) is 3.57. The van der Waals surface area contributed by atoms with Gasteiger partial charge < -0.3 is 5.32 Å². The molecule has 2 aromatic heterocycles. The molecule has 0 saturated carbocycles. The molecule has 2 aromatic rings. The molecule has 17 heavy (non-hydrogen) atoms. The molecular weight excluding hydrogens is 232 g/mol. The number of nitrogens with zero attached hydrogens (tertiary/aromatic N) is 3. The Morgan fingerprint density at radius 1 is 1.29 bits per heavy atom. The smallest absolute Gasteiger partial charge is 0.142 e. The van der Waals surface area contributed by atoms with Crippen molar-refractivity contribution in [3.63, 3.8) is 0 Å². The summed E-state index contributed by atoms with van der Waals surface area (Å²) in [4.78, 5) is 13.7. The van der Waals surface area contributed by atoms with E-state index in [9.17, 15) is 0 Å². The highest BCUT2D eigenvalue weighted by Gasteiger charge is 2.10. The number of rotatable bonds is 3. The van der Waals surface area contributed by atoms with Crippen molar-refractivity contribution in [2.24, 2.45) is 0 Å². The van der Waals surface area contributed by atoms with Crippen LogP contribution in [0.5, 0.6) is 0 Å². The Labute approximate surface area is 105 Å². The van der Waals surface area contributed by atoms with Gasteiger partial charge in [-0.1, -0.05) is 0 Å². The average molecular weight is 248 g/mol. The highest BCUT2D eigenvalue weighted by molar-refractivity contribution is 7.14. The van der Waals surface area contributed by atoms with Crippen LogP contribution in [-0.4, -0.2) is 20.5 Å². The van der Waals surface area contributed by atoms with Gasteiger partial charge >= 0.3 is 0 Å². The van der Waals surface area contributed by atoms with Crippen LogP contribution in [0.1, 0.15) is 25.6 Å². The SMILES string of the molecule is CC(C)(C)NCc1cnc(-c2ccncn2)s1. The molecule has 0 bridgehead atoms. The maximum Gasteiger partial charge on any atom is 0.142 e. The van der Waals surface area contributed by atoms with Crippen LogP contribution in [0.2, 0.25) is 0 Å². The Bertz CT molecular complexity index is 473. The molecule has 4 nitrogen and oxygen atoms in total. The zero-order chi connectivity index (χ0) is 12.3. The fourth-order valence-electron chi connectivity index (χ4n) is 1.28. The second-order valence-corrected chi connectivity index (χ2v) is 5.95. The number of aromatic nitrogens is 3. The Kier molecular flexibility index (Phi) is 3.49. The lowest BCUT2D eigenvalue weighted by Crippen LogP contribution is -2.34. The zero-order valence-electron chi connectivity index (χ0n) is 10.3. The minimum atomic E-state index is 0.124. The van der Waals surface area contributed by atoms with E-state index in [0.29, 0.717) is 0 Å². The average Bonchev–Trinajstić information content (AvgIpc) is 2.75. The van der Waals surface area contributed by atoms with Crippen LogP contribution in [0.15, 0.2) is 24.8 Å². The molecule has 90 valence electrons. The fourth-order valence-corrected chi connectivity index (χ4v) is 2.11. The van der Waals surface area contributed by atoms with E-state index in [-0.39, 0.29) is 5.54 Å². The van der Waals surface area contributed by atoms with Crippen LogP contribution >= 0.6 is 11.3 Å². The van der Waals surface area contributed by atoms with Gasteiger partial charge in [-0.2, -0.15) is 0 Å². The molecule has 0 amide bonds. The molecule has 2 rings (SSSR count).